The van der Waals surface area contributed by atoms with Crippen LogP contribution >= 0.6 is 127 Å². The smallest absolute Gasteiger partial charge is 0.338 e. The van der Waals surface area contributed by atoms with Crippen molar-refractivity contribution in [1.29, 1.82) is 0 Å². The van der Waals surface area contributed by atoms with Crippen molar-refractivity contribution in [2.24, 2.45) is 11.5 Å². The van der Waals surface area contributed by atoms with Crippen molar-refractivity contribution < 1.29 is 70.1 Å². The maximum absolute atomic E-state index is 11.0. The van der Waals surface area contributed by atoms with Gasteiger partial charge in [0.2, 0.25) is 0 Å². The summed E-state index contributed by atoms with van der Waals surface area (Å²) in [6.07, 6.45) is 6.55. The van der Waals surface area contributed by atoms with Crippen molar-refractivity contribution in [2.45, 2.75) is 0 Å². The van der Waals surface area contributed by atoms with Gasteiger partial charge < -0.3 is 52.4 Å². The molecule has 2 heterocycles. The number of carboxylic acid groups (broad SMARTS) is 4. The zero-order valence-electron chi connectivity index (χ0n) is 25.0. The average Bonchev–Trinajstić information content (AvgIpc) is 3.04. The summed E-state index contributed by atoms with van der Waals surface area (Å²) in [6.45, 7) is 0. The van der Waals surface area contributed by atoms with E-state index < -0.39 is 35.7 Å². The molecule has 280 valence electrons. The fourth-order valence-electron chi connectivity index (χ4n) is 3.09. The molecule has 0 bridgehead atoms. The van der Waals surface area contributed by atoms with Gasteiger partial charge in [0.05, 0.1) is 23.1 Å². The number of hydrogen-bond donors (Lipinski definition) is 4. The molecule has 2 aromatic carbocycles. The van der Waals surface area contributed by atoms with Gasteiger partial charge in [-0.05, 0) is 140 Å². The molecule has 0 radical (unpaired) electrons. The number of H-pyrrole nitrogens is 2. The highest BCUT2D eigenvalue weighted by Crippen LogP contribution is 2.42. The predicted octanol–water partition coefficient (Wildman–Crippen LogP) is 3.15. The van der Waals surface area contributed by atoms with E-state index in [4.69, 9.17) is 21.7 Å². The Kier molecular flexibility index (Phi) is 23.6. The molecule has 2 aromatic heterocycles. The number of benzene rings is 2. The van der Waals surface area contributed by atoms with Crippen LogP contribution in [-0.4, -0.2) is 56.9 Å². The van der Waals surface area contributed by atoms with Crippen LogP contribution in [0.1, 0.15) is 62.1 Å². The first kappa shape index (κ1) is 51.4. The van der Waals surface area contributed by atoms with Crippen LogP contribution in [0.4, 0.5) is 0 Å². The monoisotopic (exact) mass is 1240 g/mol. The predicted molar refractivity (Wildman–Crippen MR) is 207 cm³/mol. The summed E-state index contributed by atoms with van der Waals surface area (Å²) in [4.78, 5) is 70.0. The molecule has 12 N–H and O–H groups in total. The quantitative estimate of drug-likeness (QED) is 0.204. The third-order valence-electron chi connectivity index (χ3n) is 5.35. The van der Waals surface area contributed by atoms with Crippen LogP contribution in [0.3, 0.4) is 0 Å². The second kappa shape index (κ2) is 23.9. The van der Waals surface area contributed by atoms with E-state index in [0.29, 0.717) is 11.1 Å². The number of aromatic nitrogens is 2. The number of halogens is 8. The fraction of sp³-hybridized carbons (Fsp3) is 0. The van der Waals surface area contributed by atoms with Gasteiger partial charge in [0.15, 0.2) is 24.8 Å². The number of nitrogens with one attached hydrogen (secondary N) is 2. The van der Waals surface area contributed by atoms with Crippen LogP contribution in [0, 0.1) is 0 Å². The van der Waals surface area contributed by atoms with Gasteiger partial charge in [0.1, 0.15) is 11.1 Å². The Bertz CT molecular complexity index is 1680. The van der Waals surface area contributed by atoms with Gasteiger partial charge in [-0.15, -0.1) is 0 Å². The number of primary amides is 2. The summed E-state index contributed by atoms with van der Waals surface area (Å²) in [5, 5.41) is 39.7. The molecule has 0 aliphatic heterocycles. The van der Waals surface area contributed by atoms with Crippen molar-refractivity contribution in [3.8, 4) is 0 Å². The largest absolute Gasteiger partial charge is 0.545 e. The molecule has 0 saturated heterocycles. The molecule has 0 spiro atoms. The van der Waals surface area contributed by atoms with Crippen molar-refractivity contribution in [2.75, 3.05) is 0 Å². The lowest BCUT2D eigenvalue weighted by Crippen LogP contribution is -2.27. The number of pyridine rings is 2. The van der Waals surface area contributed by atoms with E-state index in [1.165, 1.54) is 0 Å². The van der Waals surface area contributed by atoms with E-state index in [1.54, 1.807) is 49.1 Å². The minimum Gasteiger partial charge on any atom is -0.545 e. The summed E-state index contributed by atoms with van der Waals surface area (Å²) in [5.41, 5.74) is 10.4. The molecule has 0 aliphatic rings. The lowest BCUT2D eigenvalue weighted by Gasteiger charge is -2.17. The molecule has 0 fully saturated rings. The van der Waals surface area contributed by atoms with Gasteiger partial charge in [-0.25, -0.2) is 19.6 Å². The van der Waals surface area contributed by atoms with Crippen LogP contribution < -0.4 is 31.6 Å². The Morgan fingerprint density at radius 2 is 0.731 bits per heavy atom. The second-order valence-corrected chi connectivity index (χ2v) is 14.9. The number of carbonyl (C=O) groups is 6. The van der Waals surface area contributed by atoms with Crippen molar-refractivity contribution in [1.82, 2.24) is 0 Å². The Morgan fingerprint density at radius 3 is 0.865 bits per heavy atom. The van der Waals surface area contributed by atoms with Crippen LogP contribution in [-0.2, 0) is 0 Å². The van der Waals surface area contributed by atoms with Gasteiger partial charge in [-0.2, -0.15) is 0 Å². The molecule has 4 rings (SSSR count). The first-order valence-electron chi connectivity index (χ1n) is 12.3. The molecular formula is C28H20Br8N4O12. The summed E-state index contributed by atoms with van der Waals surface area (Å²) < 4.78 is 0.979. The number of hydrogen-bond acceptors (Lipinski definition) is 8. The number of carbonyl (C=O) groups excluding carboxylic acids is 4. The topological polar surface area (TPSA) is 332 Å². The van der Waals surface area contributed by atoms with Crippen LogP contribution in [0.5, 0.6) is 0 Å². The lowest BCUT2D eigenvalue weighted by molar-refractivity contribution is -0.378. The van der Waals surface area contributed by atoms with E-state index in [0.717, 1.165) is 0 Å². The van der Waals surface area contributed by atoms with Gasteiger partial charge in [0.25, 0.3) is 11.8 Å². The summed E-state index contributed by atoms with van der Waals surface area (Å²) >= 11 is 24.1. The van der Waals surface area contributed by atoms with E-state index in [9.17, 15) is 39.0 Å². The summed E-state index contributed by atoms with van der Waals surface area (Å²) in [5.74, 6) is -6.04. The Balaban J connectivity index is 0. The standard InChI is InChI=1S/2C8H2Br4O4.2C6H6N2O.2H2O/c2*9-3-1(7(13)14)4(10)6(12)2(5(3)11)8(15)16;2*7-6(9)5-2-1-3-8-4-5;;/h2*(H,13,14)(H,15,16);2*1-4H,(H2,7,9);2*1H2. The van der Waals surface area contributed by atoms with Crippen molar-refractivity contribution in [3.05, 3.63) is 118 Å². The normalized spacial score (nSPS) is 9.38. The highest BCUT2D eigenvalue weighted by molar-refractivity contribution is 9.14. The van der Waals surface area contributed by atoms with Crippen LogP contribution in [0.2, 0.25) is 0 Å². The molecule has 0 saturated carbocycles. The van der Waals surface area contributed by atoms with Crippen LogP contribution in [0.15, 0.2) is 84.8 Å². The highest BCUT2D eigenvalue weighted by Gasteiger charge is 2.26. The van der Waals surface area contributed by atoms with Gasteiger partial charge >= 0.3 is 11.9 Å². The molecule has 0 unspecified atom stereocenters. The van der Waals surface area contributed by atoms with Crippen molar-refractivity contribution >= 4 is 163 Å². The fourth-order valence-corrected chi connectivity index (χ4v) is 8.65. The average molecular weight is 1240 g/mol. The first-order valence-corrected chi connectivity index (χ1v) is 18.7. The molecule has 52 heavy (non-hydrogen) atoms. The Hall–Kier alpha value is -2.68. The van der Waals surface area contributed by atoms with E-state index in [1.807, 2.05) is 0 Å². The summed E-state index contributed by atoms with van der Waals surface area (Å²) in [6, 6.07) is 6.75. The summed E-state index contributed by atoms with van der Waals surface area (Å²) in [7, 11) is 0. The molecule has 2 amide bonds. The molecule has 24 heteroatoms. The van der Waals surface area contributed by atoms with E-state index in [2.05, 4.69) is 137 Å². The molecule has 0 atom stereocenters. The number of amides is 2. The molecule has 4 aromatic rings. The van der Waals surface area contributed by atoms with Crippen LogP contribution in [0.25, 0.3) is 0 Å². The maximum atomic E-state index is 11.0. The zero-order valence-corrected chi connectivity index (χ0v) is 37.6. The number of nitrogens with two attached hydrogens (primary N) is 2. The zero-order chi connectivity index (χ0) is 38.6. The number of aromatic carboxylic acids is 4. The third-order valence-corrected chi connectivity index (χ3v) is 13.8. The Labute approximate surface area is 359 Å². The van der Waals surface area contributed by atoms with Gasteiger partial charge in [-0.3, -0.25) is 9.59 Å². The third kappa shape index (κ3) is 13.9. The van der Waals surface area contributed by atoms with Crippen molar-refractivity contribution in [3.63, 3.8) is 0 Å². The minimum atomic E-state index is -1.44. The number of aromatic amines is 2. The van der Waals surface area contributed by atoms with Gasteiger partial charge in [-0.1, -0.05) is 0 Å². The minimum absolute atomic E-state index is 0. The first-order chi connectivity index (χ1) is 23.2. The van der Waals surface area contributed by atoms with Gasteiger partial charge in [0, 0.05) is 59.0 Å². The van der Waals surface area contributed by atoms with E-state index >= 15 is 0 Å². The second-order valence-electron chi connectivity index (χ2n) is 8.51. The van der Waals surface area contributed by atoms with E-state index in [-0.39, 0.29) is 69.0 Å². The molecule has 16 nitrogen and oxygen atoms in total. The maximum Gasteiger partial charge on any atom is 0.338 e. The lowest BCUT2D eigenvalue weighted by atomic mass is 10.1. The number of rotatable bonds is 6. The number of carboxylic acids is 4. The Morgan fingerprint density at radius 1 is 0.500 bits per heavy atom. The SMILES string of the molecule is NC(=O)c1ccc[nH+]c1.NC(=O)c1ccc[nH+]c1.O.O.O=C(O)c1c(Br)c(Br)c(C(=O)O)c(Br)c1Br.O=C([O-])c1c(Br)c(Br)c(C(=O)[O-])c(Br)c1Br. The molecular weight excluding hydrogens is 1220 g/mol. The highest BCUT2D eigenvalue weighted by atomic mass is 79.9. The molecule has 0 aliphatic carbocycles.